The van der Waals surface area contributed by atoms with E-state index in [1.54, 1.807) is 0 Å². The highest BCUT2D eigenvalue weighted by Gasteiger charge is 2.36. The summed E-state index contributed by atoms with van der Waals surface area (Å²) in [5, 5.41) is 9.79. The first kappa shape index (κ1) is 27.6. The highest BCUT2D eigenvalue weighted by Crippen LogP contribution is 2.50. The zero-order valence-corrected chi connectivity index (χ0v) is 27.1. The van der Waals surface area contributed by atoms with Crippen LogP contribution >= 0.6 is 0 Å². The van der Waals surface area contributed by atoms with Gasteiger partial charge in [-0.2, -0.15) is 0 Å². The van der Waals surface area contributed by atoms with Gasteiger partial charge in [0.05, 0.1) is 0 Å². The Morgan fingerprint density at radius 2 is 1.12 bits per heavy atom. The monoisotopic (exact) mass is 638 g/mol. The Kier molecular flexibility index (Phi) is 5.82. The van der Waals surface area contributed by atoms with Crippen LogP contribution in [0.4, 0.5) is 0 Å². The number of furan rings is 1. The minimum Gasteiger partial charge on any atom is -0.481 e. The van der Waals surface area contributed by atoms with E-state index in [-0.39, 0.29) is 12.0 Å². The maximum absolute atomic E-state index is 6.58. The van der Waals surface area contributed by atoms with Crippen LogP contribution in [0.1, 0.15) is 17.0 Å². The zero-order valence-electron chi connectivity index (χ0n) is 27.1. The topological polar surface area (TPSA) is 22.4 Å². The zero-order chi connectivity index (χ0) is 32.8. The molecule has 2 heteroatoms. The van der Waals surface area contributed by atoms with Gasteiger partial charge >= 0.3 is 0 Å². The van der Waals surface area contributed by atoms with Crippen molar-refractivity contribution in [1.29, 1.82) is 0 Å². The van der Waals surface area contributed by atoms with Crippen molar-refractivity contribution in [3.05, 3.63) is 181 Å². The Labute approximate surface area is 289 Å². The molecule has 9 aromatic rings. The molecule has 0 spiro atoms. The third-order valence-corrected chi connectivity index (χ3v) is 10.8. The van der Waals surface area contributed by atoms with Gasteiger partial charge in [0.15, 0.2) is 11.3 Å². The fourth-order valence-corrected chi connectivity index (χ4v) is 8.56. The van der Waals surface area contributed by atoms with Gasteiger partial charge in [0, 0.05) is 22.3 Å². The quantitative estimate of drug-likeness (QED) is 0.180. The number of ether oxygens (including phenoxy) is 1. The fraction of sp³-hybridized carbons (Fsp3) is 0.0417. The van der Waals surface area contributed by atoms with Gasteiger partial charge in [-0.25, -0.2) is 0 Å². The molecule has 0 fully saturated rings. The molecule has 0 amide bonds. The molecule has 1 aliphatic heterocycles. The van der Waals surface area contributed by atoms with Crippen molar-refractivity contribution in [2.45, 2.75) is 12.0 Å². The van der Waals surface area contributed by atoms with Crippen molar-refractivity contribution < 1.29 is 9.15 Å². The summed E-state index contributed by atoms with van der Waals surface area (Å²) in [5.74, 6) is 0.988. The number of hydrogen-bond acceptors (Lipinski definition) is 2. The number of hydrogen-bond donors (Lipinski definition) is 0. The Bertz CT molecular complexity index is 2860. The summed E-state index contributed by atoms with van der Waals surface area (Å²) >= 11 is 0. The summed E-state index contributed by atoms with van der Waals surface area (Å²) in [6, 6.07) is 54.9. The summed E-state index contributed by atoms with van der Waals surface area (Å²) in [5.41, 5.74) is 10.3. The standard InChI is InChI=1S/C48H30O2/c1-2-15-33-29(11-1)12-10-21-35(33)46-38-19-5-3-17-36(38)45(37-18-4-6-20-39(37)46)32-14-9-13-30(27-32)31-23-26-44-42(28-31)41-25-24-40-34-16-7-8-22-43(34)49-47(40)48(41)50-44/h1-28,42,44H. The molecule has 2 unspecified atom stereocenters. The van der Waals surface area contributed by atoms with Crippen LogP contribution < -0.4 is 4.74 Å². The normalized spacial score (nSPS) is 16.6. The van der Waals surface area contributed by atoms with Gasteiger partial charge in [-0.3, -0.25) is 0 Å². The van der Waals surface area contributed by atoms with Crippen molar-refractivity contribution in [3.63, 3.8) is 0 Å². The highest BCUT2D eigenvalue weighted by molar-refractivity contribution is 6.23. The van der Waals surface area contributed by atoms with Crippen molar-refractivity contribution in [3.8, 4) is 28.0 Å². The second kappa shape index (κ2) is 10.6. The van der Waals surface area contributed by atoms with Crippen molar-refractivity contribution in [1.82, 2.24) is 0 Å². The largest absolute Gasteiger partial charge is 0.481 e. The first-order chi connectivity index (χ1) is 24.8. The number of rotatable bonds is 3. The SMILES string of the molecule is C1=CC2Oc3c(ccc4c3oc3ccccc34)C2C=C1c1cccc(-c2c3ccccc3c(-c3cccc4ccccc34)c3ccccc23)c1. The lowest BCUT2D eigenvalue weighted by atomic mass is 9.83. The molecule has 50 heavy (non-hydrogen) atoms. The van der Waals surface area contributed by atoms with Crippen LogP contribution in [0.5, 0.6) is 5.75 Å². The van der Waals surface area contributed by atoms with E-state index in [4.69, 9.17) is 9.15 Å². The molecule has 0 N–H and O–H groups in total. The lowest BCUT2D eigenvalue weighted by molar-refractivity contribution is 0.269. The second-order valence-electron chi connectivity index (χ2n) is 13.5. The highest BCUT2D eigenvalue weighted by atomic mass is 16.5. The maximum atomic E-state index is 6.58. The fourth-order valence-electron chi connectivity index (χ4n) is 8.56. The second-order valence-corrected chi connectivity index (χ2v) is 13.5. The lowest BCUT2D eigenvalue weighted by Gasteiger charge is -2.20. The van der Waals surface area contributed by atoms with E-state index in [9.17, 15) is 0 Å². The van der Waals surface area contributed by atoms with E-state index in [1.807, 2.05) is 12.1 Å². The Balaban J connectivity index is 1.07. The van der Waals surface area contributed by atoms with E-state index >= 15 is 0 Å². The molecular weight excluding hydrogens is 609 g/mol. The minimum absolute atomic E-state index is 0.0507. The molecule has 0 bridgehead atoms. The van der Waals surface area contributed by atoms with E-state index in [1.165, 1.54) is 71.3 Å². The Hall–Kier alpha value is -6.38. The van der Waals surface area contributed by atoms with Crippen LogP contribution in [-0.4, -0.2) is 6.10 Å². The average molecular weight is 639 g/mol. The van der Waals surface area contributed by atoms with Gasteiger partial charge in [0.25, 0.3) is 0 Å². The first-order valence-corrected chi connectivity index (χ1v) is 17.3. The van der Waals surface area contributed by atoms with Crippen molar-refractivity contribution >= 4 is 59.8 Å². The third-order valence-electron chi connectivity index (χ3n) is 10.8. The Morgan fingerprint density at radius 3 is 1.92 bits per heavy atom. The van der Waals surface area contributed by atoms with E-state index in [0.29, 0.717) is 0 Å². The maximum Gasteiger partial charge on any atom is 0.177 e. The van der Waals surface area contributed by atoms with E-state index in [2.05, 4.69) is 158 Å². The van der Waals surface area contributed by atoms with Crippen molar-refractivity contribution in [2.75, 3.05) is 0 Å². The summed E-state index contributed by atoms with van der Waals surface area (Å²) in [4.78, 5) is 0. The van der Waals surface area contributed by atoms with Crippen LogP contribution in [0, 0.1) is 0 Å². The predicted octanol–water partition coefficient (Wildman–Crippen LogP) is 12.9. The molecule has 2 heterocycles. The van der Waals surface area contributed by atoms with Gasteiger partial charge < -0.3 is 9.15 Å². The molecule has 2 nitrogen and oxygen atoms in total. The van der Waals surface area contributed by atoms with E-state index in [0.717, 1.165) is 27.7 Å². The molecule has 0 radical (unpaired) electrons. The number of benzene rings is 8. The van der Waals surface area contributed by atoms with Crippen LogP contribution in [0.2, 0.25) is 0 Å². The summed E-state index contributed by atoms with van der Waals surface area (Å²) < 4.78 is 12.9. The van der Waals surface area contributed by atoms with Crippen LogP contribution in [-0.2, 0) is 0 Å². The molecule has 1 aromatic heterocycles. The molecule has 8 aromatic carbocycles. The average Bonchev–Trinajstić information content (AvgIpc) is 3.75. The smallest absolute Gasteiger partial charge is 0.177 e. The van der Waals surface area contributed by atoms with Gasteiger partial charge in [-0.15, -0.1) is 0 Å². The van der Waals surface area contributed by atoms with Crippen LogP contribution in [0.15, 0.2) is 174 Å². The van der Waals surface area contributed by atoms with Crippen molar-refractivity contribution in [2.24, 2.45) is 0 Å². The first-order valence-electron chi connectivity index (χ1n) is 17.3. The molecule has 2 atom stereocenters. The molecule has 2 aliphatic rings. The Morgan fingerprint density at radius 1 is 0.480 bits per heavy atom. The minimum atomic E-state index is -0.0507. The molecule has 234 valence electrons. The van der Waals surface area contributed by atoms with Gasteiger partial charge in [-0.05, 0) is 90.0 Å². The van der Waals surface area contributed by atoms with Gasteiger partial charge in [0.1, 0.15) is 11.7 Å². The summed E-state index contributed by atoms with van der Waals surface area (Å²) in [7, 11) is 0. The summed E-state index contributed by atoms with van der Waals surface area (Å²) in [6.07, 6.45) is 6.77. The van der Waals surface area contributed by atoms with Gasteiger partial charge in [0.2, 0.25) is 0 Å². The molecule has 11 rings (SSSR count). The molecule has 0 saturated carbocycles. The number of fused-ring (bicyclic) bond motifs is 10. The number of para-hydroxylation sites is 1. The molecule has 1 aliphatic carbocycles. The molecule has 0 saturated heterocycles. The van der Waals surface area contributed by atoms with Crippen LogP contribution in [0.3, 0.4) is 0 Å². The predicted molar refractivity (Wildman–Crippen MR) is 208 cm³/mol. The third kappa shape index (κ3) is 3.96. The lowest BCUT2D eigenvalue weighted by Crippen LogP contribution is -2.17. The van der Waals surface area contributed by atoms with Gasteiger partial charge in [-0.1, -0.05) is 146 Å². The van der Waals surface area contributed by atoms with Crippen LogP contribution in [0.25, 0.3) is 82.1 Å². The summed E-state index contributed by atoms with van der Waals surface area (Å²) in [6.45, 7) is 0. The van der Waals surface area contributed by atoms with E-state index < -0.39 is 0 Å². The number of allylic oxidation sites excluding steroid dienone is 2. The molecular formula is C48H30O2.